The van der Waals surface area contributed by atoms with Gasteiger partial charge in [0.05, 0.1) is 11.6 Å². The molecule has 0 saturated heterocycles. The lowest BCUT2D eigenvalue weighted by Gasteiger charge is -2.19. The summed E-state index contributed by atoms with van der Waals surface area (Å²) in [7, 11) is 0. The van der Waals surface area contributed by atoms with Crippen molar-refractivity contribution in [2.75, 3.05) is 0 Å². The Bertz CT molecular complexity index is 499. The van der Waals surface area contributed by atoms with Crippen molar-refractivity contribution in [3.8, 4) is 6.07 Å². The number of carbonyl (C=O) groups excluding carboxylic acids is 2. The summed E-state index contributed by atoms with van der Waals surface area (Å²) in [6, 6.07) is 8.81. The van der Waals surface area contributed by atoms with Crippen LogP contribution in [0.1, 0.15) is 41.6 Å². The fourth-order valence-corrected chi connectivity index (χ4v) is 2.26. The molecule has 0 amide bonds. The SMILES string of the molecule is N#Cc1ccccc1C(=O)C1CCCC(=O)C1. The molecule has 0 aromatic heterocycles. The number of carbonyl (C=O) groups is 2. The highest BCUT2D eigenvalue weighted by Gasteiger charge is 2.27. The molecule has 17 heavy (non-hydrogen) atoms. The minimum Gasteiger partial charge on any atom is -0.300 e. The summed E-state index contributed by atoms with van der Waals surface area (Å²) < 4.78 is 0. The van der Waals surface area contributed by atoms with E-state index in [4.69, 9.17) is 5.26 Å². The summed E-state index contributed by atoms with van der Waals surface area (Å²) >= 11 is 0. The molecule has 0 aliphatic heterocycles. The first-order valence-electron chi connectivity index (χ1n) is 5.77. The predicted octanol–water partition coefficient (Wildman–Crippen LogP) is 2.50. The van der Waals surface area contributed by atoms with Gasteiger partial charge in [-0.2, -0.15) is 5.26 Å². The topological polar surface area (TPSA) is 57.9 Å². The first-order chi connectivity index (χ1) is 8.22. The Labute approximate surface area is 100 Å². The molecule has 1 unspecified atom stereocenters. The van der Waals surface area contributed by atoms with Gasteiger partial charge in [0.25, 0.3) is 0 Å². The molecule has 0 spiro atoms. The summed E-state index contributed by atoms with van der Waals surface area (Å²) in [6.07, 6.45) is 2.45. The smallest absolute Gasteiger partial charge is 0.167 e. The minimum absolute atomic E-state index is 0.0600. The highest BCUT2D eigenvalue weighted by atomic mass is 16.1. The molecule has 86 valence electrons. The predicted molar refractivity (Wildman–Crippen MR) is 62.5 cm³/mol. The van der Waals surface area contributed by atoms with E-state index in [1.54, 1.807) is 24.3 Å². The molecule has 0 radical (unpaired) electrons. The fraction of sp³-hybridized carbons (Fsp3) is 0.357. The number of hydrogen-bond acceptors (Lipinski definition) is 3. The van der Waals surface area contributed by atoms with Gasteiger partial charge in [0, 0.05) is 24.3 Å². The summed E-state index contributed by atoms with van der Waals surface area (Å²) in [5.74, 6) is -0.134. The fourth-order valence-electron chi connectivity index (χ4n) is 2.26. The Morgan fingerprint density at radius 1 is 1.35 bits per heavy atom. The Kier molecular flexibility index (Phi) is 3.34. The zero-order chi connectivity index (χ0) is 12.3. The maximum absolute atomic E-state index is 12.2. The van der Waals surface area contributed by atoms with Gasteiger partial charge in [-0.25, -0.2) is 0 Å². The number of nitrogens with zero attached hydrogens (tertiary/aromatic N) is 1. The third-order valence-electron chi connectivity index (χ3n) is 3.17. The Hall–Kier alpha value is -1.95. The summed E-state index contributed by atoms with van der Waals surface area (Å²) in [4.78, 5) is 23.6. The summed E-state index contributed by atoms with van der Waals surface area (Å²) in [6.45, 7) is 0. The highest BCUT2D eigenvalue weighted by Crippen LogP contribution is 2.26. The van der Waals surface area contributed by atoms with Crippen molar-refractivity contribution < 1.29 is 9.59 Å². The third kappa shape index (κ3) is 2.42. The molecule has 1 aromatic carbocycles. The molecule has 3 nitrogen and oxygen atoms in total. The first kappa shape index (κ1) is 11.5. The molecular weight excluding hydrogens is 214 g/mol. The lowest BCUT2D eigenvalue weighted by molar-refractivity contribution is -0.121. The van der Waals surface area contributed by atoms with Crippen LogP contribution in [0.4, 0.5) is 0 Å². The van der Waals surface area contributed by atoms with Gasteiger partial charge < -0.3 is 0 Å². The average molecular weight is 227 g/mol. The lowest BCUT2D eigenvalue weighted by Crippen LogP contribution is -2.23. The van der Waals surface area contributed by atoms with E-state index >= 15 is 0 Å². The highest BCUT2D eigenvalue weighted by molar-refractivity contribution is 6.02. The molecule has 2 rings (SSSR count). The average Bonchev–Trinajstić information content (AvgIpc) is 2.38. The molecule has 1 atom stereocenters. The zero-order valence-corrected chi connectivity index (χ0v) is 9.48. The first-order valence-corrected chi connectivity index (χ1v) is 5.77. The van der Waals surface area contributed by atoms with Crippen molar-refractivity contribution in [3.05, 3.63) is 35.4 Å². The van der Waals surface area contributed by atoms with Gasteiger partial charge in [-0.05, 0) is 18.9 Å². The third-order valence-corrected chi connectivity index (χ3v) is 3.17. The van der Waals surface area contributed by atoms with Gasteiger partial charge in [0.1, 0.15) is 5.78 Å². The van der Waals surface area contributed by atoms with Gasteiger partial charge in [0.15, 0.2) is 5.78 Å². The Morgan fingerprint density at radius 2 is 2.12 bits per heavy atom. The number of hydrogen-bond donors (Lipinski definition) is 0. The number of nitriles is 1. The van der Waals surface area contributed by atoms with E-state index in [1.807, 2.05) is 6.07 Å². The molecule has 1 fully saturated rings. The van der Waals surface area contributed by atoms with Crippen molar-refractivity contribution in [1.29, 1.82) is 5.26 Å². The van der Waals surface area contributed by atoms with Crippen LogP contribution in [-0.2, 0) is 4.79 Å². The van der Waals surface area contributed by atoms with Crippen LogP contribution in [0.5, 0.6) is 0 Å². The van der Waals surface area contributed by atoms with E-state index in [1.165, 1.54) is 0 Å². The van der Waals surface area contributed by atoms with Crippen LogP contribution in [0.3, 0.4) is 0 Å². The van der Waals surface area contributed by atoms with Crippen LogP contribution in [-0.4, -0.2) is 11.6 Å². The van der Waals surface area contributed by atoms with Gasteiger partial charge in [-0.15, -0.1) is 0 Å². The van der Waals surface area contributed by atoms with Crippen LogP contribution in [0.15, 0.2) is 24.3 Å². The second-order valence-electron chi connectivity index (χ2n) is 4.35. The van der Waals surface area contributed by atoms with E-state index in [0.717, 1.165) is 12.8 Å². The molecule has 0 heterocycles. The Balaban J connectivity index is 2.25. The van der Waals surface area contributed by atoms with Crippen molar-refractivity contribution in [3.63, 3.8) is 0 Å². The number of benzene rings is 1. The molecular formula is C14H13NO2. The molecule has 0 bridgehead atoms. The standard InChI is InChI=1S/C14H13NO2/c15-9-11-4-1-2-7-13(11)14(17)10-5-3-6-12(16)8-10/h1-2,4,7,10H,3,5-6,8H2. The monoisotopic (exact) mass is 227 g/mol. The molecule has 0 N–H and O–H groups in total. The lowest BCUT2D eigenvalue weighted by atomic mass is 9.82. The number of Topliss-reactive ketones (excluding diaryl/α,β-unsaturated/α-hetero) is 2. The van der Waals surface area contributed by atoms with Gasteiger partial charge in [-0.3, -0.25) is 9.59 Å². The summed E-state index contributed by atoms with van der Waals surface area (Å²) in [5.41, 5.74) is 0.852. The van der Waals surface area contributed by atoms with E-state index < -0.39 is 0 Å². The maximum atomic E-state index is 12.2. The molecule has 1 aliphatic rings. The Morgan fingerprint density at radius 3 is 2.82 bits per heavy atom. The van der Waals surface area contributed by atoms with Crippen molar-refractivity contribution in [1.82, 2.24) is 0 Å². The van der Waals surface area contributed by atoms with Crippen LogP contribution >= 0.6 is 0 Å². The van der Waals surface area contributed by atoms with Crippen LogP contribution in [0.25, 0.3) is 0 Å². The van der Waals surface area contributed by atoms with Crippen LogP contribution in [0.2, 0.25) is 0 Å². The molecule has 1 aromatic rings. The van der Waals surface area contributed by atoms with Crippen LogP contribution in [0, 0.1) is 17.2 Å². The van der Waals surface area contributed by atoms with Crippen LogP contribution < -0.4 is 0 Å². The van der Waals surface area contributed by atoms with Crippen molar-refractivity contribution >= 4 is 11.6 Å². The van der Waals surface area contributed by atoms with Crippen molar-refractivity contribution in [2.24, 2.45) is 5.92 Å². The van der Waals surface area contributed by atoms with Gasteiger partial charge in [0.2, 0.25) is 0 Å². The van der Waals surface area contributed by atoms with Crippen molar-refractivity contribution in [2.45, 2.75) is 25.7 Å². The largest absolute Gasteiger partial charge is 0.300 e. The second kappa shape index (κ2) is 4.92. The number of rotatable bonds is 2. The van der Waals surface area contributed by atoms with E-state index in [9.17, 15) is 9.59 Å². The quantitative estimate of drug-likeness (QED) is 0.729. The summed E-state index contributed by atoms with van der Waals surface area (Å²) in [5, 5.41) is 8.95. The molecule has 1 aliphatic carbocycles. The maximum Gasteiger partial charge on any atom is 0.167 e. The molecule has 1 saturated carbocycles. The second-order valence-corrected chi connectivity index (χ2v) is 4.35. The minimum atomic E-state index is -0.231. The zero-order valence-electron chi connectivity index (χ0n) is 9.48. The number of ketones is 2. The van der Waals surface area contributed by atoms with Gasteiger partial charge in [-0.1, -0.05) is 18.2 Å². The normalized spacial score (nSPS) is 19.7. The van der Waals surface area contributed by atoms with E-state index in [2.05, 4.69) is 0 Å². The van der Waals surface area contributed by atoms with E-state index in [0.29, 0.717) is 24.0 Å². The molecule has 3 heteroatoms. The van der Waals surface area contributed by atoms with E-state index in [-0.39, 0.29) is 17.5 Å². The van der Waals surface area contributed by atoms with Gasteiger partial charge >= 0.3 is 0 Å².